The lowest BCUT2D eigenvalue weighted by molar-refractivity contribution is 0.183. The first-order valence-corrected chi connectivity index (χ1v) is 11.5. The van der Waals surface area contributed by atoms with Crippen LogP contribution in [0.1, 0.15) is 18.4 Å². The number of methoxy groups -OCH3 is 1. The minimum atomic E-state index is -3.55. The molecule has 1 aromatic carbocycles. The second-order valence-electron chi connectivity index (χ2n) is 7.33. The van der Waals surface area contributed by atoms with E-state index in [9.17, 15) is 13.2 Å². The van der Waals surface area contributed by atoms with Crippen LogP contribution in [-0.2, 0) is 10.0 Å². The Kier molecular flexibility index (Phi) is 5.07. The molecule has 2 N–H and O–H groups in total. The summed E-state index contributed by atoms with van der Waals surface area (Å²) >= 11 is 1.19. The van der Waals surface area contributed by atoms with E-state index in [1.54, 1.807) is 35.6 Å². The van der Waals surface area contributed by atoms with Crippen molar-refractivity contribution in [1.82, 2.24) is 9.62 Å². The number of rotatable bonds is 5. The third-order valence-electron chi connectivity index (χ3n) is 5.48. The van der Waals surface area contributed by atoms with Gasteiger partial charge in [0.15, 0.2) is 0 Å². The number of amides is 2. The van der Waals surface area contributed by atoms with Gasteiger partial charge >= 0.3 is 6.03 Å². The molecular formula is C19H23N3O4S2. The van der Waals surface area contributed by atoms with E-state index in [1.165, 1.54) is 11.3 Å². The molecule has 2 aromatic rings. The summed E-state index contributed by atoms with van der Waals surface area (Å²) in [6.45, 7) is 2.56. The zero-order valence-corrected chi connectivity index (χ0v) is 17.3. The topological polar surface area (TPSA) is 87.7 Å². The van der Waals surface area contributed by atoms with Crippen molar-refractivity contribution in [3.05, 3.63) is 41.3 Å². The number of aryl methyl sites for hydroxylation is 1. The van der Waals surface area contributed by atoms with Crippen LogP contribution in [0, 0.1) is 12.8 Å². The van der Waals surface area contributed by atoms with Crippen LogP contribution in [0.3, 0.4) is 0 Å². The Hall–Kier alpha value is -2.10. The molecule has 4 rings (SSSR count). The van der Waals surface area contributed by atoms with E-state index >= 15 is 0 Å². The third kappa shape index (κ3) is 3.61. The van der Waals surface area contributed by atoms with E-state index in [-0.39, 0.29) is 18.1 Å². The molecule has 1 aromatic heterocycles. The van der Waals surface area contributed by atoms with Crippen LogP contribution in [0.5, 0.6) is 5.75 Å². The van der Waals surface area contributed by atoms with Gasteiger partial charge in [-0.25, -0.2) is 17.9 Å². The molecule has 150 valence electrons. The van der Waals surface area contributed by atoms with Crippen LogP contribution in [0.4, 0.5) is 10.5 Å². The number of anilines is 1. The average Bonchev–Trinajstić information content (AvgIpc) is 3.39. The van der Waals surface area contributed by atoms with Gasteiger partial charge in [0.1, 0.15) is 9.96 Å². The largest absolute Gasteiger partial charge is 0.497 e. The molecule has 2 fully saturated rings. The second kappa shape index (κ2) is 7.38. The van der Waals surface area contributed by atoms with Crippen molar-refractivity contribution >= 4 is 33.1 Å². The summed E-state index contributed by atoms with van der Waals surface area (Å²) in [6, 6.07) is 8.22. The quantitative estimate of drug-likeness (QED) is 0.777. The average molecular weight is 422 g/mol. The van der Waals surface area contributed by atoms with E-state index in [0.29, 0.717) is 16.7 Å². The fraction of sp³-hybridized carbons (Fsp3) is 0.421. The van der Waals surface area contributed by atoms with Gasteiger partial charge in [-0.1, -0.05) is 6.07 Å². The number of carbonyl (C=O) groups excluding carboxylic acids is 1. The predicted molar refractivity (Wildman–Crippen MR) is 108 cm³/mol. The molecule has 28 heavy (non-hydrogen) atoms. The number of ether oxygens (including phenoxy) is 1. The number of nitrogens with one attached hydrogen (secondary N) is 2. The number of fused-ring (bicyclic) bond motifs is 2. The first-order valence-electron chi connectivity index (χ1n) is 9.15. The van der Waals surface area contributed by atoms with Gasteiger partial charge in [-0.15, -0.1) is 11.3 Å². The van der Waals surface area contributed by atoms with Crippen LogP contribution in [-0.4, -0.2) is 45.1 Å². The lowest BCUT2D eigenvalue weighted by atomic mass is 10.1. The standard InChI is InChI=1S/C19H23N3O4S2/c1-12-8-14(26-2)5-6-15(12)20-19(23)22-11-13-9-16(17(22)10-13)21-28(24,25)18-4-3-7-27-18/h3-8,13,16-17,21H,9-11H2,1-2H3,(H,20,23). The molecule has 1 saturated heterocycles. The van der Waals surface area contributed by atoms with Crippen LogP contribution >= 0.6 is 11.3 Å². The van der Waals surface area contributed by atoms with E-state index < -0.39 is 10.0 Å². The molecule has 2 aliphatic rings. The van der Waals surface area contributed by atoms with E-state index in [0.717, 1.165) is 29.8 Å². The summed E-state index contributed by atoms with van der Waals surface area (Å²) < 4.78 is 33.4. The highest BCUT2D eigenvalue weighted by molar-refractivity contribution is 7.91. The number of benzene rings is 1. The summed E-state index contributed by atoms with van der Waals surface area (Å²) in [5.74, 6) is 1.06. The van der Waals surface area contributed by atoms with E-state index in [4.69, 9.17) is 4.74 Å². The maximum absolute atomic E-state index is 12.9. The third-order valence-corrected chi connectivity index (χ3v) is 8.37. The van der Waals surface area contributed by atoms with Crippen molar-refractivity contribution in [2.24, 2.45) is 5.92 Å². The Morgan fingerprint density at radius 2 is 2.11 bits per heavy atom. The molecule has 1 aliphatic carbocycles. The number of urea groups is 1. The number of nitrogens with zero attached hydrogens (tertiary/aromatic N) is 1. The second-order valence-corrected chi connectivity index (χ2v) is 10.2. The lowest BCUT2D eigenvalue weighted by Gasteiger charge is -2.33. The fourth-order valence-corrected chi connectivity index (χ4v) is 6.44. The van der Waals surface area contributed by atoms with Crippen LogP contribution in [0.2, 0.25) is 0 Å². The molecule has 2 heterocycles. The Morgan fingerprint density at radius 1 is 1.29 bits per heavy atom. The maximum atomic E-state index is 12.9. The zero-order chi connectivity index (χ0) is 19.9. The summed E-state index contributed by atoms with van der Waals surface area (Å²) in [5, 5.41) is 4.70. The Balaban J connectivity index is 1.45. The molecule has 3 unspecified atom stereocenters. The fourth-order valence-electron chi connectivity index (χ4n) is 4.15. The van der Waals surface area contributed by atoms with Crippen LogP contribution in [0.25, 0.3) is 0 Å². The molecule has 2 bridgehead atoms. The van der Waals surface area contributed by atoms with Gasteiger partial charge in [-0.3, -0.25) is 0 Å². The molecule has 1 aliphatic heterocycles. The van der Waals surface area contributed by atoms with E-state index in [1.807, 2.05) is 19.1 Å². The van der Waals surface area contributed by atoms with Crippen molar-refractivity contribution in [2.45, 2.75) is 36.1 Å². The molecule has 1 saturated carbocycles. The smallest absolute Gasteiger partial charge is 0.322 e. The van der Waals surface area contributed by atoms with Crippen molar-refractivity contribution in [3.63, 3.8) is 0 Å². The molecule has 0 radical (unpaired) electrons. The van der Waals surface area contributed by atoms with Crippen LogP contribution in [0.15, 0.2) is 39.9 Å². The minimum Gasteiger partial charge on any atom is -0.497 e. The van der Waals surface area contributed by atoms with Crippen LogP contribution < -0.4 is 14.8 Å². The highest BCUT2D eigenvalue weighted by Gasteiger charge is 2.48. The van der Waals surface area contributed by atoms with Gasteiger partial charge in [0, 0.05) is 18.3 Å². The zero-order valence-electron chi connectivity index (χ0n) is 15.7. The number of thiophene rings is 1. The number of sulfonamides is 1. The van der Waals surface area contributed by atoms with Crippen molar-refractivity contribution < 1.29 is 17.9 Å². The van der Waals surface area contributed by atoms with Gasteiger partial charge in [0.25, 0.3) is 0 Å². The van der Waals surface area contributed by atoms with Gasteiger partial charge in [-0.2, -0.15) is 0 Å². The number of piperidine rings is 1. The van der Waals surface area contributed by atoms with Crippen molar-refractivity contribution in [1.29, 1.82) is 0 Å². The van der Waals surface area contributed by atoms with E-state index in [2.05, 4.69) is 10.0 Å². The highest BCUT2D eigenvalue weighted by atomic mass is 32.2. The van der Waals surface area contributed by atoms with Gasteiger partial charge in [0.05, 0.1) is 13.2 Å². The summed E-state index contributed by atoms with van der Waals surface area (Å²) in [4.78, 5) is 14.6. The molecule has 3 atom stereocenters. The predicted octanol–water partition coefficient (Wildman–Crippen LogP) is 3.04. The first-order chi connectivity index (χ1) is 13.4. The number of carbonyl (C=O) groups is 1. The monoisotopic (exact) mass is 421 g/mol. The van der Waals surface area contributed by atoms with Crippen molar-refractivity contribution in [2.75, 3.05) is 19.0 Å². The molecule has 0 spiro atoms. The summed E-state index contributed by atoms with van der Waals surface area (Å²) in [6.07, 6.45) is 1.59. The summed E-state index contributed by atoms with van der Waals surface area (Å²) in [5.41, 5.74) is 1.64. The molecule has 7 nitrogen and oxygen atoms in total. The first kappa shape index (κ1) is 19.2. The van der Waals surface area contributed by atoms with Crippen molar-refractivity contribution in [3.8, 4) is 5.75 Å². The minimum absolute atomic E-state index is 0.127. The molecule has 2 amide bonds. The molecule has 9 heteroatoms. The van der Waals surface area contributed by atoms with Gasteiger partial charge < -0.3 is 15.0 Å². The van der Waals surface area contributed by atoms with Gasteiger partial charge in [-0.05, 0) is 60.9 Å². The maximum Gasteiger partial charge on any atom is 0.322 e. The Labute approximate surface area is 168 Å². The summed E-state index contributed by atoms with van der Waals surface area (Å²) in [7, 11) is -1.95. The lowest BCUT2D eigenvalue weighted by Crippen LogP contribution is -2.52. The normalized spacial score (nSPS) is 23.8. The number of hydrogen-bond donors (Lipinski definition) is 2. The number of likely N-dealkylation sites (tertiary alicyclic amines) is 1. The Morgan fingerprint density at radius 3 is 2.75 bits per heavy atom. The SMILES string of the molecule is COc1ccc(NC(=O)N2CC3CC(NS(=O)(=O)c4cccs4)C2C3)c(C)c1. The molecular weight excluding hydrogens is 398 g/mol. The number of hydrogen-bond acceptors (Lipinski definition) is 5. The van der Waals surface area contributed by atoms with Gasteiger partial charge in [0.2, 0.25) is 10.0 Å². The highest BCUT2D eigenvalue weighted by Crippen LogP contribution is 2.39. The Bertz CT molecular complexity index is 975.